The Hall–Kier alpha value is -2.61. The largest absolute Gasteiger partial charge is 0.508 e. The van der Waals surface area contributed by atoms with Gasteiger partial charge in [0.1, 0.15) is 11.8 Å². The lowest BCUT2D eigenvalue weighted by atomic mass is 10.0. The van der Waals surface area contributed by atoms with Crippen LogP contribution < -0.4 is 10.6 Å². The molecule has 28 heavy (non-hydrogen) atoms. The minimum Gasteiger partial charge on any atom is -0.508 e. The fraction of sp³-hybridized carbons (Fsp3) is 0.550. The van der Waals surface area contributed by atoms with Gasteiger partial charge in [0.2, 0.25) is 5.91 Å². The average molecular weight is 392 g/mol. The van der Waals surface area contributed by atoms with Gasteiger partial charge in [0, 0.05) is 6.54 Å². The summed E-state index contributed by atoms with van der Waals surface area (Å²) in [6.45, 7) is 6.21. The lowest BCUT2D eigenvalue weighted by Gasteiger charge is -2.20. The molecule has 154 valence electrons. The lowest BCUT2D eigenvalue weighted by molar-refractivity contribution is -0.144. The highest BCUT2D eigenvalue weighted by atomic mass is 16.6. The Morgan fingerprint density at radius 1 is 1.18 bits per heavy atom. The van der Waals surface area contributed by atoms with Gasteiger partial charge < -0.3 is 25.2 Å². The molecule has 0 bridgehead atoms. The van der Waals surface area contributed by atoms with Crippen LogP contribution in [0, 0.1) is 5.92 Å². The first-order chi connectivity index (χ1) is 13.3. The van der Waals surface area contributed by atoms with Crippen molar-refractivity contribution in [2.75, 3.05) is 13.2 Å². The van der Waals surface area contributed by atoms with Crippen LogP contribution in [0.15, 0.2) is 24.3 Å². The normalized spacial score (nSPS) is 19.0. The Labute approximate surface area is 164 Å². The van der Waals surface area contributed by atoms with E-state index < -0.39 is 30.1 Å². The third kappa shape index (κ3) is 6.53. The molecule has 3 atom stereocenters. The van der Waals surface area contributed by atoms with Crippen LogP contribution in [0.3, 0.4) is 0 Å². The molecule has 0 aromatic heterocycles. The predicted octanol–water partition coefficient (Wildman–Crippen LogP) is 0.912. The molecule has 2 amide bonds. The Kier molecular flexibility index (Phi) is 7.80. The smallest absolute Gasteiger partial charge is 0.338 e. The maximum atomic E-state index is 12.5. The van der Waals surface area contributed by atoms with Crippen molar-refractivity contribution in [2.45, 2.75) is 51.9 Å². The van der Waals surface area contributed by atoms with E-state index in [1.807, 2.05) is 13.8 Å². The molecular weight excluding hydrogens is 364 g/mol. The van der Waals surface area contributed by atoms with E-state index in [1.165, 1.54) is 0 Å². The highest BCUT2D eigenvalue weighted by molar-refractivity contribution is 5.95. The van der Waals surface area contributed by atoms with Crippen LogP contribution in [0.4, 0.5) is 0 Å². The van der Waals surface area contributed by atoms with E-state index in [4.69, 9.17) is 9.47 Å². The minimum absolute atomic E-state index is 0.189. The molecule has 0 aliphatic carbocycles. The summed E-state index contributed by atoms with van der Waals surface area (Å²) in [4.78, 5) is 36.4. The van der Waals surface area contributed by atoms with Crippen LogP contribution in [0.5, 0.6) is 5.75 Å². The first-order valence-corrected chi connectivity index (χ1v) is 9.49. The van der Waals surface area contributed by atoms with E-state index in [2.05, 4.69) is 10.6 Å². The number of esters is 1. The first kappa shape index (κ1) is 21.7. The molecule has 0 radical (unpaired) electrons. The van der Waals surface area contributed by atoms with Crippen molar-refractivity contribution in [3.63, 3.8) is 0 Å². The van der Waals surface area contributed by atoms with Crippen molar-refractivity contribution in [2.24, 2.45) is 5.92 Å². The molecular formula is C20H28N2O6. The summed E-state index contributed by atoms with van der Waals surface area (Å²) >= 11 is 0. The number of aromatic hydroxyl groups is 1. The second-order valence-electron chi connectivity index (χ2n) is 7.13. The van der Waals surface area contributed by atoms with Crippen LogP contribution in [0.25, 0.3) is 0 Å². The molecule has 1 fully saturated rings. The third-order valence-corrected chi connectivity index (χ3v) is 4.26. The fourth-order valence-corrected chi connectivity index (χ4v) is 2.79. The zero-order valence-electron chi connectivity index (χ0n) is 16.4. The van der Waals surface area contributed by atoms with Gasteiger partial charge in [-0.15, -0.1) is 0 Å². The van der Waals surface area contributed by atoms with E-state index in [9.17, 15) is 19.5 Å². The van der Waals surface area contributed by atoms with Crippen molar-refractivity contribution in [3.05, 3.63) is 29.8 Å². The summed E-state index contributed by atoms with van der Waals surface area (Å²) in [5, 5.41) is 14.8. The zero-order chi connectivity index (χ0) is 20.7. The van der Waals surface area contributed by atoms with Gasteiger partial charge in [-0.3, -0.25) is 9.59 Å². The molecule has 1 aromatic carbocycles. The molecule has 1 unspecified atom stereocenters. The molecule has 1 aliphatic rings. The molecule has 1 aromatic rings. The number of phenolic OH excluding ortho intramolecular Hbond substituents is 1. The Morgan fingerprint density at radius 2 is 1.86 bits per heavy atom. The van der Waals surface area contributed by atoms with Crippen molar-refractivity contribution in [1.82, 2.24) is 10.6 Å². The van der Waals surface area contributed by atoms with E-state index in [0.717, 1.165) is 5.56 Å². The molecule has 3 N–H and O–H groups in total. The molecule has 0 saturated carbocycles. The lowest BCUT2D eigenvalue weighted by Crippen LogP contribution is -2.49. The molecule has 8 heteroatoms. The highest BCUT2D eigenvalue weighted by Crippen LogP contribution is 2.24. The van der Waals surface area contributed by atoms with Crippen LogP contribution in [0.1, 0.15) is 32.8 Å². The number of hydrogen-bond donors (Lipinski definition) is 3. The van der Waals surface area contributed by atoms with E-state index >= 15 is 0 Å². The van der Waals surface area contributed by atoms with E-state index in [1.54, 1.807) is 31.2 Å². The van der Waals surface area contributed by atoms with E-state index in [-0.39, 0.29) is 24.2 Å². The topological polar surface area (TPSA) is 117 Å². The van der Waals surface area contributed by atoms with Crippen LogP contribution >= 0.6 is 0 Å². The molecule has 1 heterocycles. The van der Waals surface area contributed by atoms with Gasteiger partial charge in [-0.25, -0.2) is 4.79 Å². The van der Waals surface area contributed by atoms with Crippen LogP contribution in [0.2, 0.25) is 0 Å². The van der Waals surface area contributed by atoms with Crippen molar-refractivity contribution < 1.29 is 29.0 Å². The summed E-state index contributed by atoms with van der Waals surface area (Å²) in [5.41, 5.74) is 0.978. The number of hydrogen-bond acceptors (Lipinski definition) is 6. The van der Waals surface area contributed by atoms with Gasteiger partial charge in [0.05, 0.1) is 6.61 Å². The Bertz CT molecular complexity index is 688. The van der Waals surface area contributed by atoms with Gasteiger partial charge in [-0.1, -0.05) is 26.0 Å². The standard InChI is InChI=1S/C20H28N2O6/c1-4-27-20(26)17-16(28-17)19(25)22-15(11-12(2)3)18(24)21-10-9-13-5-7-14(23)8-6-13/h5-8,12,15-17,23H,4,9-11H2,1-3H3,(H,21,24)(H,22,25)/t15?,16-,17-/m0/s1. The predicted molar refractivity (Wildman–Crippen MR) is 102 cm³/mol. The first-order valence-electron chi connectivity index (χ1n) is 9.49. The van der Waals surface area contributed by atoms with Crippen LogP contribution in [-0.2, 0) is 30.3 Å². The monoisotopic (exact) mass is 392 g/mol. The summed E-state index contributed by atoms with van der Waals surface area (Å²) in [6.07, 6.45) is -0.728. The Balaban J connectivity index is 1.84. The zero-order valence-corrected chi connectivity index (χ0v) is 16.4. The molecule has 2 rings (SSSR count). The molecule has 1 saturated heterocycles. The summed E-state index contributed by atoms with van der Waals surface area (Å²) in [6, 6.07) is 6.05. The second kappa shape index (κ2) is 10.1. The minimum atomic E-state index is -0.904. The summed E-state index contributed by atoms with van der Waals surface area (Å²) in [7, 11) is 0. The van der Waals surface area contributed by atoms with Gasteiger partial charge in [0.15, 0.2) is 12.2 Å². The fourth-order valence-electron chi connectivity index (χ4n) is 2.79. The van der Waals surface area contributed by atoms with Gasteiger partial charge in [0.25, 0.3) is 5.91 Å². The second-order valence-corrected chi connectivity index (χ2v) is 7.13. The number of nitrogens with one attached hydrogen (secondary N) is 2. The van der Waals surface area contributed by atoms with Crippen molar-refractivity contribution in [1.29, 1.82) is 0 Å². The van der Waals surface area contributed by atoms with E-state index in [0.29, 0.717) is 19.4 Å². The summed E-state index contributed by atoms with van der Waals surface area (Å²) in [5.74, 6) is -0.960. The van der Waals surface area contributed by atoms with Gasteiger partial charge in [-0.05, 0) is 43.4 Å². The summed E-state index contributed by atoms with van der Waals surface area (Å²) < 4.78 is 9.92. The Morgan fingerprint density at radius 3 is 2.46 bits per heavy atom. The number of benzene rings is 1. The van der Waals surface area contributed by atoms with Gasteiger partial charge >= 0.3 is 5.97 Å². The SMILES string of the molecule is CCOC(=O)[C@H]1O[C@@H]1C(=O)NC(CC(C)C)C(=O)NCCc1ccc(O)cc1. The average Bonchev–Trinajstić information content (AvgIpc) is 3.43. The number of ether oxygens (including phenoxy) is 2. The van der Waals surface area contributed by atoms with Crippen molar-refractivity contribution in [3.8, 4) is 5.75 Å². The number of carbonyl (C=O) groups is 3. The van der Waals surface area contributed by atoms with Crippen LogP contribution in [-0.4, -0.2) is 54.3 Å². The maximum absolute atomic E-state index is 12.5. The highest BCUT2D eigenvalue weighted by Gasteiger charge is 2.52. The number of carbonyl (C=O) groups excluding carboxylic acids is 3. The molecule has 1 aliphatic heterocycles. The van der Waals surface area contributed by atoms with Gasteiger partial charge in [-0.2, -0.15) is 0 Å². The number of rotatable bonds is 10. The maximum Gasteiger partial charge on any atom is 0.338 e. The number of amides is 2. The number of phenols is 1. The molecule has 0 spiro atoms. The third-order valence-electron chi connectivity index (χ3n) is 4.26. The van der Waals surface area contributed by atoms with Crippen molar-refractivity contribution >= 4 is 17.8 Å². The molecule has 8 nitrogen and oxygen atoms in total. The number of epoxide rings is 1. The quantitative estimate of drug-likeness (QED) is 0.403.